The fourth-order valence-corrected chi connectivity index (χ4v) is 3.26. The van der Waals surface area contributed by atoms with E-state index in [1.165, 1.54) is 26.4 Å². The van der Waals surface area contributed by atoms with Crippen molar-refractivity contribution < 1.29 is 23.8 Å². The number of benzene rings is 1. The number of hydrogen-bond donors (Lipinski definition) is 2. The number of rotatable bonds is 7. The van der Waals surface area contributed by atoms with Crippen molar-refractivity contribution in [2.24, 2.45) is 0 Å². The number of piperidine rings is 1. The van der Waals surface area contributed by atoms with E-state index in [0.29, 0.717) is 48.0 Å². The molecule has 150 valence electrons. The van der Waals surface area contributed by atoms with Gasteiger partial charge in [0.05, 0.1) is 49.1 Å². The van der Waals surface area contributed by atoms with Gasteiger partial charge in [0.25, 0.3) is 5.91 Å². The van der Waals surface area contributed by atoms with Crippen molar-refractivity contribution in [2.45, 2.75) is 25.0 Å². The third kappa shape index (κ3) is 5.47. The number of nitrogens with zero attached hydrogens (tertiary/aromatic N) is 1. The third-order valence-corrected chi connectivity index (χ3v) is 5.01. The molecule has 1 amide bonds. The van der Waals surface area contributed by atoms with Crippen LogP contribution >= 0.6 is 11.6 Å². The van der Waals surface area contributed by atoms with Gasteiger partial charge in [-0.2, -0.15) is 0 Å². The Labute approximate surface area is 163 Å². The molecule has 3 N–H and O–H groups in total. The third-order valence-electron chi connectivity index (χ3n) is 4.69. The Balaban J connectivity index is 2.02. The molecule has 0 aliphatic carbocycles. The van der Waals surface area contributed by atoms with E-state index in [1.54, 1.807) is 7.11 Å². The van der Waals surface area contributed by atoms with Crippen molar-refractivity contribution in [3.8, 4) is 5.75 Å². The molecule has 1 aliphatic heterocycles. The van der Waals surface area contributed by atoms with Crippen LogP contribution in [0.15, 0.2) is 12.1 Å². The van der Waals surface area contributed by atoms with Gasteiger partial charge >= 0.3 is 5.97 Å². The van der Waals surface area contributed by atoms with Crippen LogP contribution in [0.2, 0.25) is 5.02 Å². The summed E-state index contributed by atoms with van der Waals surface area (Å²) in [5.74, 6) is -0.186. The highest BCUT2D eigenvalue weighted by Gasteiger charge is 2.31. The van der Waals surface area contributed by atoms with Crippen LogP contribution in [-0.2, 0) is 14.3 Å². The first-order valence-corrected chi connectivity index (χ1v) is 9.03. The number of halogens is 1. The maximum atomic E-state index is 12.7. The first-order chi connectivity index (χ1) is 12.9. The van der Waals surface area contributed by atoms with Crippen LogP contribution in [0.4, 0.5) is 5.69 Å². The van der Waals surface area contributed by atoms with Crippen LogP contribution in [0.25, 0.3) is 0 Å². The highest BCUT2D eigenvalue weighted by Crippen LogP contribution is 2.29. The molecule has 1 aromatic rings. The van der Waals surface area contributed by atoms with Gasteiger partial charge in [-0.3, -0.25) is 9.59 Å². The van der Waals surface area contributed by atoms with Crippen molar-refractivity contribution in [3.05, 3.63) is 22.7 Å². The van der Waals surface area contributed by atoms with Gasteiger partial charge in [0.1, 0.15) is 5.75 Å². The zero-order valence-electron chi connectivity index (χ0n) is 15.8. The molecule has 0 radical (unpaired) electrons. The number of nitrogens with one attached hydrogen (secondary N) is 1. The van der Waals surface area contributed by atoms with Crippen molar-refractivity contribution >= 4 is 29.2 Å². The number of methoxy groups -OCH3 is 3. The van der Waals surface area contributed by atoms with Gasteiger partial charge < -0.3 is 30.2 Å². The Morgan fingerprint density at radius 3 is 2.70 bits per heavy atom. The molecule has 1 aromatic carbocycles. The number of ether oxygens (including phenoxy) is 3. The predicted molar refractivity (Wildman–Crippen MR) is 102 cm³/mol. The van der Waals surface area contributed by atoms with E-state index in [4.69, 9.17) is 26.8 Å². The topological polar surface area (TPSA) is 103 Å². The average Bonchev–Trinajstić information content (AvgIpc) is 2.68. The molecular weight excluding hydrogens is 374 g/mol. The number of nitrogens with two attached hydrogens (primary N) is 1. The van der Waals surface area contributed by atoms with Crippen molar-refractivity contribution in [1.82, 2.24) is 10.2 Å². The molecule has 0 bridgehead atoms. The number of likely N-dealkylation sites (tertiary alicyclic amines) is 1. The van der Waals surface area contributed by atoms with E-state index in [1.807, 2.05) is 0 Å². The molecule has 0 spiro atoms. The van der Waals surface area contributed by atoms with Gasteiger partial charge in [0.15, 0.2) is 0 Å². The van der Waals surface area contributed by atoms with Gasteiger partial charge in [-0.15, -0.1) is 0 Å². The summed E-state index contributed by atoms with van der Waals surface area (Å²) >= 11 is 6.05. The number of amides is 1. The molecule has 2 rings (SSSR count). The van der Waals surface area contributed by atoms with Gasteiger partial charge in [-0.05, 0) is 12.5 Å². The van der Waals surface area contributed by atoms with Crippen LogP contribution in [0.3, 0.4) is 0 Å². The fraction of sp³-hybridized carbons (Fsp3) is 0.556. The van der Waals surface area contributed by atoms with Gasteiger partial charge in [-0.1, -0.05) is 11.6 Å². The second-order valence-corrected chi connectivity index (χ2v) is 6.75. The summed E-state index contributed by atoms with van der Waals surface area (Å²) in [6.07, 6.45) is 0.817. The molecule has 8 nitrogen and oxygen atoms in total. The molecule has 2 atom stereocenters. The Bertz CT molecular complexity index is 685. The normalized spacial score (nSPS) is 20.1. The highest BCUT2D eigenvalue weighted by molar-refractivity contribution is 6.33. The van der Waals surface area contributed by atoms with E-state index in [-0.39, 0.29) is 24.0 Å². The van der Waals surface area contributed by atoms with Gasteiger partial charge in [0.2, 0.25) is 0 Å². The second-order valence-electron chi connectivity index (χ2n) is 6.34. The first kappa shape index (κ1) is 21.3. The van der Waals surface area contributed by atoms with Crippen LogP contribution in [-0.4, -0.2) is 69.9 Å². The van der Waals surface area contributed by atoms with Gasteiger partial charge in [0, 0.05) is 32.8 Å². The standard InChI is InChI=1S/C18H26ClN3O5/c1-25-15-9-13(20)12(19)8-11(15)18(24)21-14-4-6-22(10-16(14)26-2)7-5-17(23)27-3/h8-9,14,16H,4-7,10,20H2,1-3H3,(H,21,24). The van der Waals surface area contributed by atoms with E-state index in [9.17, 15) is 9.59 Å². The Hall–Kier alpha value is -2.03. The maximum absolute atomic E-state index is 12.7. The van der Waals surface area contributed by atoms with Crippen LogP contribution in [0.1, 0.15) is 23.2 Å². The smallest absolute Gasteiger partial charge is 0.306 e. The Morgan fingerprint density at radius 2 is 2.07 bits per heavy atom. The number of nitrogen functional groups attached to an aromatic ring is 1. The lowest BCUT2D eigenvalue weighted by Crippen LogP contribution is -2.55. The zero-order valence-corrected chi connectivity index (χ0v) is 16.5. The molecule has 2 unspecified atom stereocenters. The number of carbonyl (C=O) groups excluding carboxylic acids is 2. The average molecular weight is 400 g/mol. The Kier molecular flexibility index (Phi) is 7.70. The van der Waals surface area contributed by atoms with Gasteiger partial charge in [-0.25, -0.2) is 0 Å². The zero-order chi connectivity index (χ0) is 20.0. The number of carbonyl (C=O) groups is 2. The van der Waals surface area contributed by atoms with E-state index >= 15 is 0 Å². The molecular formula is C18H26ClN3O5. The summed E-state index contributed by atoms with van der Waals surface area (Å²) in [5, 5.41) is 3.29. The highest BCUT2D eigenvalue weighted by atomic mass is 35.5. The minimum Gasteiger partial charge on any atom is -0.496 e. The summed E-state index contributed by atoms with van der Waals surface area (Å²) in [7, 11) is 4.45. The van der Waals surface area contributed by atoms with E-state index < -0.39 is 0 Å². The lowest BCUT2D eigenvalue weighted by molar-refractivity contribution is -0.141. The van der Waals surface area contributed by atoms with Crippen LogP contribution in [0.5, 0.6) is 5.75 Å². The van der Waals surface area contributed by atoms with Crippen molar-refractivity contribution in [2.75, 3.05) is 46.7 Å². The second kappa shape index (κ2) is 9.77. The quantitative estimate of drug-likeness (QED) is 0.526. The van der Waals surface area contributed by atoms with Crippen LogP contribution < -0.4 is 15.8 Å². The molecule has 1 aliphatic rings. The molecule has 1 fully saturated rings. The maximum Gasteiger partial charge on any atom is 0.306 e. The van der Waals surface area contributed by atoms with Crippen molar-refractivity contribution in [1.29, 1.82) is 0 Å². The predicted octanol–water partition coefficient (Wildman–Crippen LogP) is 1.31. The molecule has 0 saturated carbocycles. The summed E-state index contributed by atoms with van der Waals surface area (Å²) < 4.78 is 15.5. The number of anilines is 1. The number of hydrogen-bond acceptors (Lipinski definition) is 7. The SMILES string of the molecule is COC(=O)CCN1CCC(NC(=O)c2cc(Cl)c(N)cc2OC)C(OC)C1. The fourth-order valence-electron chi connectivity index (χ4n) is 3.10. The largest absolute Gasteiger partial charge is 0.496 e. The summed E-state index contributed by atoms with van der Waals surface area (Å²) in [6, 6.07) is 2.86. The summed E-state index contributed by atoms with van der Waals surface area (Å²) in [5.41, 5.74) is 6.43. The minimum atomic E-state index is -0.302. The molecule has 1 saturated heterocycles. The van der Waals surface area contributed by atoms with Crippen molar-refractivity contribution in [3.63, 3.8) is 0 Å². The number of esters is 1. The molecule has 0 aromatic heterocycles. The lowest BCUT2D eigenvalue weighted by Gasteiger charge is -2.38. The summed E-state index contributed by atoms with van der Waals surface area (Å²) in [4.78, 5) is 26.2. The summed E-state index contributed by atoms with van der Waals surface area (Å²) in [6.45, 7) is 1.94. The first-order valence-electron chi connectivity index (χ1n) is 8.65. The van der Waals surface area contributed by atoms with E-state index in [0.717, 1.165) is 6.54 Å². The Morgan fingerprint density at radius 1 is 1.33 bits per heavy atom. The van der Waals surface area contributed by atoms with E-state index in [2.05, 4.69) is 15.0 Å². The molecule has 1 heterocycles. The van der Waals surface area contributed by atoms with Crippen LogP contribution in [0, 0.1) is 0 Å². The minimum absolute atomic E-state index is 0.169. The lowest BCUT2D eigenvalue weighted by atomic mass is 10.0. The monoisotopic (exact) mass is 399 g/mol. The molecule has 9 heteroatoms. The molecule has 27 heavy (non-hydrogen) atoms.